The van der Waals surface area contributed by atoms with Gasteiger partial charge in [0.05, 0.1) is 17.0 Å². The molecule has 0 aliphatic carbocycles. The molecule has 4 rings (SSSR count). The van der Waals surface area contributed by atoms with Crippen LogP contribution in [-0.4, -0.2) is 79.5 Å². The zero-order chi connectivity index (χ0) is 28.5. The fourth-order valence-corrected chi connectivity index (χ4v) is 7.75. The Morgan fingerprint density at radius 1 is 1.03 bits per heavy atom. The van der Waals surface area contributed by atoms with Gasteiger partial charge in [-0.15, -0.1) is 11.3 Å². The molecular formula is C26H33N5O6S2. The van der Waals surface area contributed by atoms with Crippen LogP contribution < -0.4 is 10.6 Å². The van der Waals surface area contributed by atoms with Crippen LogP contribution in [0.1, 0.15) is 64.3 Å². The minimum Gasteiger partial charge on any atom is -0.337 e. The molecule has 2 aliphatic rings. The number of thiophene rings is 1. The van der Waals surface area contributed by atoms with Gasteiger partial charge >= 0.3 is 6.03 Å². The number of hydrogen-bond donors (Lipinski definition) is 2. The number of fused-ring (bicyclic) bond motifs is 1. The first-order chi connectivity index (χ1) is 18.4. The Balaban J connectivity index is 1.59. The molecule has 210 valence electrons. The molecule has 13 heteroatoms. The zero-order valence-electron chi connectivity index (χ0n) is 22.4. The van der Waals surface area contributed by atoms with Gasteiger partial charge in [0, 0.05) is 50.6 Å². The highest BCUT2D eigenvalue weighted by atomic mass is 32.2. The van der Waals surface area contributed by atoms with Crippen molar-refractivity contribution in [1.29, 1.82) is 0 Å². The van der Waals surface area contributed by atoms with Crippen molar-refractivity contribution in [1.82, 2.24) is 19.4 Å². The van der Waals surface area contributed by atoms with Crippen LogP contribution in [-0.2, 0) is 27.8 Å². The lowest BCUT2D eigenvalue weighted by molar-refractivity contribution is -0.129. The lowest BCUT2D eigenvalue weighted by Crippen LogP contribution is -2.41. The van der Waals surface area contributed by atoms with Crippen molar-refractivity contribution in [2.45, 2.75) is 57.0 Å². The fraction of sp³-hybridized carbons (Fsp3) is 0.462. The summed E-state index contributed by atoms with van der Waals surface area (Å²) in [6, 6.07) is 5.03. The van der Waals surface area contributed by atoms with Gasteiger partial charge in [0.25, 0.3) is 11.8 Å². The average molecular weight is 576 g/mol. The minimum atomic E-state index is -3.68. The molecule has 1 fully saturated rings. The Labute approximate surface area is 232 Å². The van der Waals surface area contributed by atoms with Gasteiger partial charge in [-0.05, 0) is 56.0 Å². The monoisotopic (exact) mass is 575 g/mol. The molecule has 2 aromatic rings. The highest BCUT2D eigenvalue weighted by Crippen LogP contribution is 2.37. The number of nitrogens with one attached hydrogen (secondary N) is 2. The van der Waals surface area contributed by atoms with E-state index in [4.69, 9.17) is 0 Å². The number of nitrogens with zero attached hydrogens (tertiary/aromatic N) is 3. The smallest absolute Gasteiger partial charge is 0.323 e. The molecule has 2 aliphatic heterocycles. The van der Waals surface area contributed by atoms with E-state index >= 15 is 0 Å². The number of benzene rings is 1. The second-order valence-corrected chi connectivity index (χ2v) is 13.0. The summed E-state index contributed by atoms with van der Waals surface area (Å²) in [7, 11) is -0.663. The fourth-order valence-electron chi connectivity index (χ4n) is 4.79. The van der Waals surface area contributed by atoms with E-state index in [0.29, 0.717) is 31.6 Å². The van der Waals surface area contributed by atoms with Gasteiger partial charge in [0.15, 0.2) is 0 Å². The molecule has 1 aromatic carbocycles. The molecule has 1 unspecified atom stereocenters. The van der Waals surface area contributed by atoms with E-state index in [-0.39, 0.29) is 33.0 Å². The summed E-state index contributed by atoms with van der Waals surface area (Å²) >= 11 is 1.18. The number of carbonyl (C=O) groups is 4. The predicted molar refractivity (Wildman–Crippen MR) is 147 cm³/mol. The predicted octanol–water partition coefficient (Wildman–Crippen LogP) is 2.88. The first-order valence-corrected chi connectivity index (χ1v) is 15.0. The lowest BCUT2D eigenvalue weighted by Gasteiger charge is -2.32. The quantitative estimate of drug-likeness (QED) is 0.563. The number of anilines is 1. The zero-order valence-corrected chi connectivity index (χ0v) is 24.1. The van der Waals surface area contributed by atoms with Gasteiger partial charge in [-0.1, -0.05) is 6.42 Å². The van der Waals surface area contributed by atoms with E-state index in [1.54, 1.807) is 4.90 Å². The second-order valence-electron chi connectivity index (χ2n) is 9.99. The Hall–Kier alpha value is -3.29. The largest absolute Gasteiger partial charge is 0.337 e. The number of hydrogen-bond acceptors (Lipinski definition) is 7. The van der Waals surface area contributed by atoms with Gasteiger partial charge < -0.3 is 15.1 Å². The van der Waals surface area contributed by atoms with Crippen molar-refractivity contribution in [3.05, 3.63) is 45.8 Å². The van der Waals surface area contributed by atoms with E-state index in [1.807, 2.05) is 6.92 Å². The maximum absolute atomic E-state index is 13.2. The molecule has 1 saturated heterocycles. The summed E-state index contributed by atoms with van der Waals surface area (Å²) in [5.74, 6) is -1.27. The van der Waals surface area contributed by atoms with Crippen LogP contribution in [0.3, 0.4) is 0 Å². The van der Waals surface area contributed by atoms with E-state index in [9.17, 15) is 27.6 Å². The number of piperidine rings is 1. The van der Waals surface area contributed by atoms with Gasteiger partial charge in [-0.25, -0.2) is 13.2 Å². The molecule has 11 nitrogen and oxygen atoms in total. The van der Waals surface area contributed by atoms with Crippen molar-refractivity contribution in [2.24, 2.45) is 0 Å². The Morgan fingerprint density at radius 3 is 2.33 bits per heavy atom. The van der Waals surface area contributed by atoms with Gasteiger partial charge in [-0.3, -0.25) is 19.7 Å². The van der Waals surface area contributed by atoms with Crippen molar-refractivity contribution >= 4 is 50.1 Å². The maximum Gasteiger partial charge on any atom is 0.323 e. The van der Waals surface area contributed by atoms with Crippen LogP contribution in [0.4, 0.5) is 9.80 Å². The van der Waals surface area contributed by atoms with E-state index in [1.165, 1.54) is 65.8 Å². The third-order valence-electron chi connectivity index (χ3n) is 7.05. The van der Waals surface area contributed by atoms with E-state index in [2.05, 4.69) is 10.6 Å². The number of carbonyl (C=O) groups excluding carboxylic acids is 4. The van der Waals surface area contributed by atoms with Crippen LogP contribution in [0.25, 0.3) is 0 Å². The standard InChI is InChI=1S/C26H33N5O6S2/c1-16-7-5-6-13-31(16)39(36,37)19-10-8-18(9-11-19)23(33)27-25-22(24(34)28-26(35)29(3)4)20-12-14-30(17(2)32)15-21(20)38-25/h8-11,16H,5-7,12-15H2,1-4H3,(H,27,33)(H,28,34,35). The SMILES string of the molecule is CC(=O)N1CCc2c(sc(NC(=O)c3ccc(S(=O)(=O)N4CCCCC4C)cc3)c2C(=O)NC(=O)N(C)C)C1. The molecule has 39 heavy (non-hydrogen) atoms. The van der Waals surface area contributed by atoms with Crippen molar-refractivity contribution in [3.8, 4) is 0 Å². The summed E-state index contributed by atoms with van der Waals surface area (Å²) < 4.78 is 27.8. The molecule has 0 saturated carbocycles. The molecule has 1 atom stereocenters. The molecule has 2 N–H and O–H groups in total. The van der Waals surface area contributed by atoms with Gasteiger partial charge in [-0.2, -0.15) is 4.31 Å². The summed E-state index contributed by atoms with van der Waals surface area (Å²) in [6.45, 7) is 4.56. The third kappa shape index (κ3) is 5.99. The van der Waals surface area contributed by atoms with Crippen molar-refractivity contribution < 1.29 is 27.6 Å². The third-order valence-corrected chi connectivity index (χ3v) is 10.2. The Bertz CT molecular complexity index is 1400. The molecule has 0 radical (unpaired) electrons. The van der Waals surface area contributed by atoms with Crippen LogP contribution in [0.15, 0.2) is 29.2 Å². The van der Waals surface area contributed by atoms with Crippen LogP contribution >= 0.6 is 11.3 Å². The Kier molecular flexibility index (Phi) is 8.42. The topological polar surface area (TPSA) is 136 Å². The lowest BCUT2D eigenvalue weighted by atomic mass is 10.0. The molecule has 5 amide bonds. The first kappa shape index (κ1) is 28.7. The highest BCUT2D eigenvalue weighted by molar-refractivity contribution is 7.89. The second kappa shape index (κ2) is 11.4. The van der Waals surface area contributed by atoms with Crippen molar-refractivity contribution in [3.63, 3.8) is 0 Å². The normalized spacial score (nSPS) is 17.7. The first-order valence-electron chi connectivity index (χ1n) is 12.8. The van der Waals surface area contributed by atoms with Gasteiger partial charge in [0.2, 0.25) is 15.9 Å². The summed E-state index contributed by atoms with van der Waals surface area (Å²) in [5.41, 5.74) is 1.10. The van der Waals surface area contributed by atoms with Crippen molar-refractivity contribution in [2.75, 3.05) is 32.5 Å². The number of urea groups is 1. The molecule has 1 aromatic heterocycles. The summed E-state index contributed by atoms with van der Waals surface area (Å²) in [6.07, 6.45) is 3.02. The van der Waals surface area contributed by atoms with Gasteiger partial charge in [0.1, 0.15) is 5.00 Å². The average Bonchev–Trinajstić information content (AvgIpc) is 3.25. The minimum absolute atomic E-state index is 0.0838. The van der Waals surface area contributed by atoms with Crippen LogP contribution in [0.2, 0.25) is 0 Å². The van der Waals surface area contributed by atoms with E-state index in [0.717, 1.165) is 24.1 Å². The number of rotatable bonds is 5. The Morgan fingerprint density at radius 2 is 1.72 bits per heavy atom. The molecule has 0 spiro atoms. The summed E-state index contributed by atoms with van der Waals surface area (Å²) in [4.78, 5) is 54.1. The number of imide groups is 1. The molecule has 0 bridgehead atoms. The summed E-state index contributed by atoms with van der Waals surface area (Å²) in [5, 5.41) is 5.36. The number of amides is 5. The highest BCUT2D eigenvalue weighted by Gasteiger charge is 2.32. The van der Waals surface area contributed by atoms with Crippen LogP contribution in [0, 0.1) is 0 Å². The van der Waals surface area contributed by atoms with E-state index < -0.39 is 27.9 Å². The maximum atomic E-state index is 13.2. The van der Waals surface area contributed by atoms with Crippen LogP contribution in [0.5, 0.6) is 0 Å². The molecular weight excluding hydrogens is 542 g/mol. The number of sulfonamides is 1. The molecule has 3 heterocycles.